The van der Waals surface area contributed by atoms with Gasteiger partial charge in [0.1, 0.15) is 0 Å². The van der Waals surface area contributed by atoms with Crippen molar-refractivity contribution in [1.82, 2.24) is 25.0 Å². The van der Waals surface area contributed by atoms with Crippen molar-refractivity contribution in [3.63, 3.8) is 0 Å². The van der Waals surface area contributed by atoms with Gasteiger partial charge < -0.3 is 30.7 Å². The van der Waals surface area contributed by atoms with Crippen molar-refractivity contribution in [2.24, 2.45) is 18.2 Å². The Morgan fingerprint density at radius 1 is 1.31 bits per heavy atom. The fourth-order valence-electron chi connectivity index (χ4n) is 4.80. The summed E-state index contributed by atoms with van der Waals surface area (Å²) in [7, 11) is 3.47. The predicted octanol–water partition coefficient (Wildman–Crippen LogP) is 1.84. The number of benzene rings is 1. The number of primary amides is 1. The number of aromatic nitrogens is 5. The number of hydrogen-bond donors (Lipinski definition) is 3. The lowest BCUT2D eigenvalue weighted by molar-refractivity contribution is -0.127. The molecule has 1 saturated carbocycles. The van der Waals surface area contributed by atoms with Gasteiger partial charge in [0.2, 0.25) is 5.95 Å². The first-order valence-corrected chi connectivity index (χ1v) is 12.0. The van der Waals surface area contributed by atoms with E-state index in [0.29, 0.717) is 40.4 Å². The third-order valence-corrected chi connectivity index (χ3v) is 6.96. The molecule has 0 unspecified atom stereocenters. The van der Waals surface area contributed by atoms with Crippen LogP contribution in [-0.2, 0) is 11.8 Å². The van der Waals surface area contributed by atoms with E-state index in [1.54, 1.807) is 11.8 Å². The number of anilines is 4. The summed E-state index contributed by atoms with van der Waals surface area (Å²) >= 11 is 0. The van der Waals surface area contributed by atoms with Crippen molar-refractivity contribution in [2.75, 3.05) is 48.9 Å². The molecule has 3 aliphatic rings. The molecule has 4 N–H and O–H groups in total. The van der Waals surface area contributed by atoms with Gasteiger partial charge in [-0.3, -0.25) is 4.79 Å². The number of methoxy groups -OCH3 is 1. The van der Waals surface area contributed by atoms with E-state index in [9.17, 15) is 4.79 Å². The molecule has 12 heteroatoms. The van der Waals surface area contributed by atoms with Crippen LogP contribution < -0.4 is 26.0 Å². The Bertz CT molecular complexity index is 1360. The number of nitrogens with two attached hydrogens (primary N) is 1. The molecule has 12 nitrogen and oxygen atoms in total. The van der Waals surface area contributed by atoms with E-state index in [-0.39, 0.29) is 11.1 Å². The van der Waals surface area contributed by atoms with Gasteiger partial charge >= 0.3 is 0 Å². The van der Waals surface area contributed by atoms with Crippen LogP contribution in [0.2, 0.25) is 1.41 Å². The summed E-state index contributed by atoms with van der Waals surface area (Å²) in [6.45, 7) is 5.28. The Morgan fingerprint density at radius 3 is 2.78 bits per heavy atom. The van der Waals surface area contributed by atoms with E-state index in [1.165, 1.54) is 0 Å². The minimum Gasteiger partial charge on any atom is -0.494 e. The molecule has 188 valence electrons. The normalized spacial score (nSPS) is 18.2. The van der Waals surface area contributed by atoms with Gasteiger partial charge in [0.25, 0.3) is 5.91 Å². The maximum Gasteiger partial charge on any atom is 0.271 e. The summed E-state index contributed by atoms with van der Waals surface area (Å²) in [5.74, 6) is 1.80. The van der Waals surface area contributed by atoms with Crippen molar-refractivity contribution in [1.29, 1.82) is 0 Å². The topological polar surface area (TPSA) is 145 Å². The van der Waals surface area contributed by atoms with E-state index in [2.05, 4.69) is 30.8 Å². The van der Waals surface area contributed by atoms with Crippen LogP contribution in [0.25, 0.3) is 11.4 Å². The Balaban J connectivity index is 1.34. The molecule has 2 aromatic heterocycles. The minimum atomic E-state index is -0.661. The van der Waals surface area contributed by atoms with Gasteiger partial charge in [0, 0.05) is 31.7 Å². The molecule has 2 aliphatic heterocycles. The number of aryl methyl sites for hydroxylation is 1. The second kappa shape index (κ2) is 8.33. The van der Waals surface area contributed by atoms with E-state index in [1.807, 2.05) is 37.9 Å². The molecule has 1 spiro atoms. The highest BCUT2D eigenvalue weighted by Gasteiger charge is 2.50. The minimum absolute atomic E-state index is 0.0197. The third-order valence-electron chi connectivity index (χ3n) is 6.96. The molecule has 4 heterocycles. The molecule has 1 aliphatic carbocycles. The fourth-order valence-corrected chi connectivity index (χ4v) is 4.80. The molecule has 6 rings (SSSR count). The lowest BCUT2D eigenvalue weighted by Gasteiger charge is -2.55. The molecule has 36 heavy (non-hydrogen) atoms. The van der Waals surface area contributed by atoms with Crippen molar-refractivity contribution < 1.29 is 15.7 Å². The van der Waals surface area contributed by atoms with Crippen LogP contribution in [0.1, 0.15) is 28.9 Å². The molecular formula is C24H29N9O3. The number of nitrogens with zero attached hydrogens (tertiary/aromatic N) is 6. The lowest BCUT2D eigenvalue weighted by Crippen LogP contribution is -2.66. The van der Waals surface area contributed by atoms with Crippen LogP contribution in [0, 0.1) is 12.3 Å². The SMILES string of the molecule is [2H]NC(=O)c1nnc(NC2CC2)c(C)c1Nc1cccc(-c2nc(N3CC4(COC4)C3)n(C)n2)c1OC. The molecule has 0 radical (unpaired) electrons. The van der Waals surface area contributed by atoms with Gasteiger partial charge in [0.05, 0.1) is 42.7 Å². The van der Waals surface area contributed by atoms with Gasteiger partial charge in [-0.05, 0) is 31.9 Å². The van der Waals surface area contributed by atoms with Gasteiger partial charge in [0.15, 0.2) is 24.5 Å². The zero-order valence-electron chi connectivity index (χ0n) is 21.5. The molecule has 0 atom stereocenters. The van der Waals surface area contributed by atoms with E-state index < -0.39 is 5.91 Å². The van der Waals surface area contributed by atoms with E-state index in [4.69, 9.17) is 15.9 Å². The fraction of sp³-hybridized carbons (Fsp3) is 0.458. The van der Waals surface area contributed by atoms with Crippen LogP contribution in [0.5, 0.6) is 5.75 Å². The highest BCUT2D eigenvalue weighted by atomic mass is 16.5. The first-order valence-electron chi connectivity index (χ1n) is 12.5. The van der Waals surface area contributed by atoms with Gasteiger partial charge in [-0.2, -0.15) is 4.98 Å². The van der Waals surface area contributed by atoms with Crippen LogP contribution in [0.3, 0.4) is 0 Å². The average molecular weight is 493 g/mol. The van der Waals surface area contributed by atoms with Crippen molar-refractivity contribution >= 4 is 29.0 Å². The monoisotopic (exact) mass is 492 g/mol. The number of para-hydroxylation sites is 1. The highest BCUT2D eigenvalue weighted by molar-refractivity contribution is 5.99. The standard InChI is InChI=1S/C24H29N9O3/c1-13-17(18(20(25)34)29-30-21(13)26-14-7-8-14)27-16-6-4-5-15(19(16)35-3)22-28-23(32(2)31-22)33-9-24(10-33)11-36-12-24/h4-6,14H,7-12H2,1-3H3,(H2,25,34)(H2,26,27,30)/i/hD. The second-order valence-corrected chi connectivity index (χ2v) is 9.86. The van der Waals surface area contributed by atoms with Crippen LogP contribution in [-0.4, -0.2) is 70.3 Å². The summed E-state index contributed by atoms with van der Waals surface area (Å²) in [5, 5.41) is 19.6. The smallest absolute Gasteiger partial charge is 0.271 e. The Labute approximate surface area is 209 Å². The first-order chi connectivity index (χ1) is 17.9. The van der Waals surface area contributed by atoms with Crippen molar-refractivity contribution in [3.05, 3.63) is 29.5 Å². The van der Waals surface area contributed by atoms with Crippen molar-refractivity contribution in [3.8, 4) is 17.1 Å². The number of amides is 1. The summed E-state index contributed by atoms with van der Waals surface area (Å²) in [6, 6.07) is 5.98. The lowest BCUT2D eigenvalue weighted by atomic mass is 9.78. The summed E-state index contributed by atoms with van der Waals surface area (Å²) in [6.07, 6.45) is 2.14. The number of rotatable bonds is 8. The van der Waals surface area contributed by atoms with Gasteiger partial charge in [-0.25, -0.2) is 4.68 Å². The van der Waals surface area contributed by atoms with E-state index >= 15 is 0 Å². The number of carbonyl (C=O) groups excluding carboxylic acids is 1. The van der Waals surface area contributed by atoms with E-state index in [0.717, 1.165) is 50.7 Å². The molecule has 0 bridgehead atoms. The van der Waals surface area contributed by atoms with Gasteiger partial charge in [-0.1, -0.05) is 6.07 Å². The molecule has 1 aromatic carbocycles. The Kier molecular flexibility index (Phi) is 4.94. The number of ether oxygens (including phenoxy) is 2. The Morgan fingerprint density at radius 2 is 2.11 bits per heavy atom. The predicted molar refractivity (Wildman–Crippen MR) is 134 cm³/mol. The third kappa shape index (κ3) is 3.77. The zero-order valence-corrected chi connectivity index (χ0v) is 20.5. The highest BCUT2D eigenvalue weighted by Crippen LogP contribution is 2.42. The number of carbonyl (C=O) groups is 1. The molecule has 1 amide bonds. The van der Waals surface area contributed by atoms with Crippen molar-refractivity contribution in [2.45, 2.75) is 25.8 Å². The number of hydrogen-bond acceptors (Lipinski definition) is 10. The molecule has 3 fully saturated rings. The average Bonchev–Trinajstić information content (AvgIpc) is 3.59. The molecule has 3 aromatic rings. The number of nitrogens with one attached hydrogen (secondary N) is 2. The Hall–Kier alpha value is -3.93. The maximum atomic E-state index is 12.4. The first kappa shape index (κ1) is 21.4. The zero-order chi connectivity index (χ0) is 25.7. The maximum absolute atomic E-state index is 12.4. The quantitative estimate of drug-likeness (QED) is 0.426. The summed E-state index contributed by atoms with van der Waals surface area (Å²) < 4.78 is 20.3. The van der Waals surface area contributed by atoms with Gasteiger partial charge in [-0.15, -0.1) is 15.3 Å². The summed E-state index contributed by atoms with van der Waals surface area (Å²) in [4.78, 5) is 19.5. The molecule has 2 saturated heterocycles. The molecular weight excluding hydrogens is 462 g/mol. The largest absolute Gasteiger partial charge is 0.494 e. The second-order valence-electron chi connectivity index (χ2n) is 9.86. The van der Waals surface area contributed by atoms with Crippen LogP contribution >= 0.6 is 0 Å². The van der Waals surface area contributed by atoms with Crippen LogP contribution in [0.4, 0.5) is 23.1 Å². The summed E-state index contributed by atoms with van der Waals surface area (Å²) in [5.41, 5.74) is 4.66. The van der Waals surface area contributed by atoms with Crippen LogP contribution in [0.15, 0.2) is 18.2 Å².